The number of hydrogen-bond donors (Lipinski definition) is 1. The zero-order valence-electron chi connectivity index (χ0n) is 55.4. The molecule has 0 fully saturated rings. The van der Waals surface area contributed by atoms with Gasteiger partial charge in [-0.2, -0.15) is 0 Å². The average Bonchev–Trinajstić information content (AvgIpc) is 1.55. The molecule has 0 amide bonds. The molecule has 486 valence electrons. The molecule has 11 nitrogen and oxygen atoms in total. The number of fused-ring (bicyclic) bond motifs is 14. The van der Waals surface area contributed by atoms with E-state index in [1.54, 1.807) is 84.4 Å². The zero-order valence-corrected chi connectivity index (χ0v) is 65.1. The summed E-state index contributed by atoms with van der Waals surface area (Å²) in [6.07, 6.45) is -0.508. The van der Waals surface area contributed by atoms with Crippen molar-refractivity contribution in [2.45, 2.75) is 120 Å². The fraction of sp³-hybridized carbons (Fsp3) is 0.152. The Morgan fingerprint density at radius 3 is 1.17 bits per heavy atom. The number of nitrogens with one attached hydrogen (secondary N) is 1. The quantitative estimate of drug-likeness (QED) is 0.0740. The van der Waals surface area contributed by atoms with Gasteiger partial charge in [0.05, 0.1) is 13.2 Å². The van der Waals surface area contributed by atoms with Gasteiger partial charge in [-0.25, -0.2) is 0 Å². The van der Waals surface area contributed by atoms with Crippen LogP contribution in [0.1, 0.15) is 75.6 Å². The van der Waals surface area contributed by atoms with E-state index in [0.29, 0.717) is 30.7 Å². The summed E-state index contributed by atoms with van der Waals surface area (Å²) < 4.78 is 25.7. The zero-order chi connectivity index (χ0) is 67.3. The molecule has 0 saturated carbocycles. The van der Waals surface area contributed by atoms with Gasteiger partial charge in [0.2, 0.25) is 0 Å². The molecule has 6 bridgehead atoms. The second-order valence-electron chi connectivity index (χ2n) is 24.3. The van der Waals surface area contributed by atoms with Gasteiger partial charge in [-0.1, -0.05) is 0 Å². The van der Waals surface area contributed by atoms with Crippen molar-refractivity contribution in [2.75, 3.05) is 25.2 Å². The summed E-state index contributed by atoms with van der Waals surface area (Å²) in [6, 6.07) is 75.6. The third-order valence-corrected chi connectivity index (χ3v) is 29.7. The fourth-order valence-corrected chi connectivity index (χ4v) is 23.8. The Morgan fingerprint density at radius 1 is 0.408 bits per heavy atom. The fourth-order valence-electron chi connectivity index (χ4n) is 12.1. The van der Waals surface area contributed by atoms with Crippen LogP contribution in [0, 0.1) is 41.5 Å². The summed E-state index contributed by atoms with van der Waals surface area (Å²) in [5.74, 6) is 3.81. The van der Waals surface area contributed by atoms with E-state index in [-0.39, 0.29) is 0 Å². The van der Waals surface area contributed by atoms with Gasteiger partial charge in [0, 0.05) is 6.66 Å². The van der Waals surface area contributed by atoms with Crippen LogP contribution in [0.4, 0.5) is 11.6 Å². The van der Waals surface area contributed by atoms with Crippen molar-refractivity contribution in [1.82, 2.24) is 4.75 Å². The van der Waals surface area contributed by atoms with Gasteiger partial charge >= 0.3 is 568 Å². The second-order valence-corrected chi connectivity index (χ2v) is 37.3. The number of aryl methyl sites for hydroxylation is 6. The Bertz CT molecular complexity index is 5400. The Labute approximate surface area is 609 Å². The predicted octanol–water partition coefficient (Wildman–Crippen LogP) is 21.1. The molecule has 0 spiro atoms. The van der Waals surface area contributed by atoms with Crippen LogP contribution < -0.4 is 16.3 Å². The van der Waals surface area contributed by atoms with Crippen LogP contribution in [-0.2, 0) is 13.6 Å². The third-order valence-electron chi connectivity index (χ3n) is 16.9. The van der Waals surface area contributed by atoms with Crippen molar-refractivity contribution in [3.63, 3.8) is 0 Å². The van der Waals surface area contributed by atoms with E-state index in [9.17, 15) is 4.57 Å². The van der Waals surface area contributed by atoms with Crippen LogP contribution in [-0.4, -0.2) is 67.0 Å². The van der Waals surface area contributed by atoms with E-state index in [1.807, 2.05) is 0 Å². The predicted molar refractivity (Wildman–Crippen MR) is 410 cm³/mol. The first-order valence-corrected chi connectivity index (χ1v) is 42.7. The van der Waals surface area contributed by atoms with E-state index in [1.165, 1.54) is 40.0 Å². The van der Waals surface area contributed by atoms with Gasteiger partial charge in [-0.15, -0.1) is 0 Å². The molecule has 10 aromatic carbocycles. The van der Waals surface area contributed by atoms with E-state index < -0.39 is 38.6 Å². The molecule has 12 aromatic rings. The molecule has 2 aromatic heterocycles. The van der Waals surface area contributed by atoms with Gasteiger partial charge in [0.1, 0.15) is 0 Å². The molecule has 98 heavy (non-hydrogen) atoms. The minimum absolute atomic E-state index is 0.438. The molecule has 1 unspecified atom stereocenters. The number of hydrogen-bond acceptors (Lipinski definition) is 15. The number of nitrogens with zero attached hydrogens (tertiary/aromatic N) is 7. The molecule has 0 saturated heterocycles. The topological polar surface area (TPSA) is 119 Å². The molecular formula is C79H67N8O3PPbS6. The maximum atomic E-state index is 11.0. The van der Waals surface area contributed by atoms with E-state index >= 15 is 0 Å². The van der Waals surface area contributed by atoms with E-state index in [0.717, 1.165) is 125 Å². The Kier molecular flexibility index (Phi) is 19.4. The molecule has 2 radical (unpaired) electrons. The third kappa shape index (κ3) is 13.8. The molecule has 1 N–H and O–H groups in total. The second kappa shape index (κ2) is 28.5. The number of anilines is 1. The van der Waals surface area contributed by atoms with Crippen LogP contribution in [0.5, 0.6) is 0 Å². The Balaban J connectivity index is 0.000000815. The number of amidine groups is 3. The van der Waals surface area contributed by atoms with Crippen molar-refractivity contribution in [1.29, 1.82) is 0 Å². The minimum atomic E-state index is -2.69. The summed E-state index contributed by atoms with van der Waals surface area (Å²) in [4.78, 5) is 43.2. The van der Waals surface area contributed by atoms with Gasteiger partial charge in [-0.05, 0) is 13.8 Å². The first-order chi connectivity index (χ1) is 47.6. The van der Waals surface area contributed by atoms with Gasteiger partial charge in [-0.3, -0.25) is 4.57 Å². The van der Waals surface area contributed by atoms with Gasteiger partial charge < -0.3 is 9.05 Å². The van der Waals surface area contributed by atoms with Crippen LogP contribution in [0.25, 0.3) is 21.5 Å². The van der Waals surface area contributed by atoms with Crippen LogP contribution in [0.3, 0.4) is 0 Å². The van der Waals surface area contributed by atoms with Crippen LogP contribution in [0.2, 0.25) is 0 Å². The summed E-state index contributed by atoms with van der Waals surface area (Å²) in [6.45, 7) is 18.8. The number of benzene rings is 10. The normalized spacial score (nSPS) is 14.1. The average molecular weight is 1610 g/mol. The van der Waals surface area contributed by atoms with Crippen molar-refractivity contribution in [2.24, 2.45) is 25.0 Å². The molecule has 4 aliphatic heterocycles. The first-order valence-electron chi connectivity index (χ1n) is 32.4. The molecule has 1 atom stereocenters. The number of aromatic nitrogens is 2. The summed E-state index contributed by atoms with van der Waals surface area (Å²) in [5, 5.41) is 8.40. The molecule has 0 aliphatic carbocycles. The van der Waals surface area contributed by atoms with Crippen LogP contribution >= 0.6 is 78.2 Å². The number of rotatable bonds is 16. The van der Waals surface area contributed by atoms with Crippen LogP contribution in [0.15, 0.2) is 290 Å². The summed E-state index contributed by atoms with van der Waals surface area (Å²) in [5.41, 5.74) is 13.1. The maximum absolute atomic E-state index is 11.0. The van der Waals surface area contributed by atoms with E-state index in [2.05, 4.69) is 258 Å². The van der Waals surface area contributed by atoms with Crippen molar-refractivity contribution in [3.05, 3.63) is 273 Å². The molecule has 6 heterocycles. The van der Waals surface area contributed by atoms with Gasteiger partial charge in [0.25, 0.3) is 0 Å². The Morgan fingerprint density at radius 2 is 0.755 bits per heavy atom. The molecule has 4 aliphatic rings. The number of aliphatic imine (C=N–C) groups is 3. The monoisotopic (exact) mass is 1610 g/mol. The van der Waals surface area contributed by atoms with Crippen molar-refractivity contribution >= 4 is 154 Å². The standard InChI is InChI=1S/C74H54N8S6.C5H13O3P.Pb/c1-41-11-23-47(24-12-41)83-55-35-37-57(85-49-27-15-43(3)16-28-49)63-61(55)69-76-67-53-9-7-8-10-54(53)68(75-67)77-70-62-56(84-48-25-13-42(2)14-26-48)36-38-58(86-50-29-17-44(4)18-30-50)64(62)72(79-70)81-74-66-60(88-52-33-21-46(6)22-34-52)40-39-59(87-51-31-19-45(5)20-32-51)65(66)73(82-74)80-71(63)78-69;1-4-7-9(3,6)8-5-2;/h7-40,69,76H,1-6H3;4-5H2,1-3H3;/q-2;;+2. The first kappa shape index (κ1) is 66.7. The summed E-state index contributed by atoms with van der Waals surface area (Å²) >= 11 is 8.01. The van der Waals surface area contributed by atoms with Crippen molar-refractivity contribution < 1.29 is 13.6 Å². The summed E-state index contributed by atoms with van der Waals surface area (Å²) in [7, 11) is -2.69. The molecular weight excluding hydrogens is 1540 g/mol. The van der Waals surface area contributed by atoms with E-state index in [4.69, 9.17) is 34.0 Å². The van der Waals surface area contributed by atoms with Gasteiger partial charge in [0.15, 0.2) is 0 Å². The van der Waals surface area contributed by atoms with Crippen molar-refractivity contribution in [3.8, 4) is 0 Å². The molecule has 16 rings (SSSR count). The Hall–Kier alpha value is -7.14. The SMILES string of the molecule is CCOP(C)(=O)OCC.Cc1ccc(Sc2ccc(Sc3ccc(C)cc3)c3c2C2=NC3=Nc3c4ccccc4c4[n]3[Pb][n]3c(c5c(Sc6ccc(C)cc6)ccc(Sc6ccc(C)cc6)c5c3=NC3=NC(N4)c4c(Sc5ccc(C)cc5)ccc(Sc5ccc(C)cc5)c43)=N2)cc1. The molecule has 19 heteroatoms.